The van der Waals surface area contributed by atoms with Crippen molar-refractivity contribution in [3.63, 3.8) is 0 Å². The summed E-state index contributed by atoms with van der Waals surface area (Å²) in [7, 11) is 2.24. The first-order chi connectivity index (χ1) is 7.68. The highest BCUT2D eigenvalue weighted by Crippen LogP contribution is 2.10. The summed E-state index contributed by atoms with van der Waals surface area (Å²) in [5, 5.41) is 3.73. The minimum atomic E-state index is 0.781. The van der Waals surface area contributed by atoms with Gasteiger partial charge in [0.15, 0.2) is 0 Å². The summed E-state index contributed by atoms with van der Waals surface area (Å²) < 4.78 is 0. The quantitative estimate of drug-likeness (QED) is 0.701. The van der Waals surface area contributed by atoms with Gasteiger partial charge in [0, 0.05) is 6.04 Å². The predicted octanol–water partition coefficient (Wildman–Crippen LogP) is 2.89. The molecule has 1 aliphatic rings. The second-order valence-electron chi connectivity index (χ2n) is 5.77. The summed E-state index contributed by atoms with van der Waals surface area (Å²) >= 11 is 0. The molecule has 1 saturated heterocycles. The molecule has 1 N–H and O–H groups in total. The highest BCUT2D eigenvalue weighted by molar-refractivity contribution is 4.73. The van der Waals surface area contributed by atoms with Crippen molar-refractivity contribution in [2.24, 2.45) is 5.92 Å². The van der Waals surface area contributed by atoms with E-state index in [0.717, 1.165) is 12.0 Å². The lowest BCUT2D eigenvalue weighted by atomic mass is 10.1. The summed E-state index contributed by atoms with van der Waals surface area (Å²) in [5.41, 5.74) is 0. The lowest BCUT2D eigenvalue weighted by Gasteiger charge is -2.16. The van der Waals surface area contributed by atoms with Crippen molar-refractivity contribution in [2.75, 3.05) is 26.7 Å². The zero-order chi connectivity index (χ0) is 11.8. The summed E-state index contributed by atoms with van der Waals surface area (Å²) in [5.74, 6) is 0.867. The second kappa shape index (κ2) is 8.08. The maximum atomic E-state index is 3.73. The highest BCUT2D eigenvalue weighted by Gasteiger charge is 2.13. The molecule has 0 radical (unpaired) electrons. The van der Waals surface area contributed by atoms with Crippen LogP contribution in [-0.4, -0.2) is 37.6 Å². The van der Waals surface area contributed by atoms with Gasteiger partial charge in [-0.1, -0.05) is 26.7 Å². The molecule has 1 rings (SSSR count). The van der Waals surface area contributed by atoms with Crippen LogP contribution in [0, 0.1) is 5.92 Å². The Morgan fingerprint density at radius 3 is 2.75 bits per heavy atom. The highest BCUT2D eigenvalue weighted by atomic mass is 15.1. The normalized spacial score (nSPS) is 23.6. The fraction of sp³-hybridized carbons (Fsp3) is 1.00. The monoisotopic (exact) mass is 226 g/mol. The van der Waals surface area contributed by atoms with Crippen LogP contribution in [0.3, 0.4) is 0 Å². The van der Waals surface area contributed by atoms with Crippen LogP contribution in [0.4, 0.5) is 0 Å². The van der Waals surface area contributed by atoms with E-state index in [1.165, 1.54) is 58.2 Å². The number of unbranched alkanes of at least 4 members (excludes halogenated alkanes) is 1. The SMILES string of the molecule is CC(C)CCCCNC1CCCN(C)CC1. The van der Waals surface area contributed by atoms with Crippen molar-refractivity contribution in [3.8, 4) is 0 Å². The molecule has 0 amide bonds. The van der Waals surface area contributed by atoms with Crippen molar-refractivity contribution in [1.82, 2.24) is 10.2 Å². The minimum Gasteiger partial charge on any atom is -0.314 e. The molecule has 1 unspecified atom stereocenters. The first-order valence-electron chi connectivity index (χ1n) is 7.10. The zero-order valence-corrected chi connectivity index (χ0v) is 11.5. The van der Waals surface area contributed by atoms with Crippen LogP contribution >= 0.6 is 0 Å². The first kappa shape index (κ1) is 14.0. The van der Waals surface area contributed by atoms with E-state index in [1.54, 1.807) is 0 Å². The van der Waals surface area contributed by atoms with Crippen molar-refractivity contribution in [1.29, 1.82) is 0 Å². The Balaban J connectivity index is 1.99. The van der Waals surface area contributed by atoms with Crippen molar-refractivity contribution >= 4 is 0 Å². The molecule has 0 aromatic rings. The van der Waals surface area contributed by atoms with E-state index in [4.69, 9.17) is 0 Å². The number of hydrogen-bond donors (Lipinski definition) is 1. The summed E-state index contributed by atoms with van der Waals surface area (Å²) in [6.45, 7) is 8.40. The maximum absolute atomic E-state index is 3.73. The van der Waals surface area contributed by atoms with Gasteiger partial charge in [-0.05, 0) is 58.3 Å². The van der Waals surface area contributed by atoms with E-state index in [0.29, 0.717) is 0 Å². The van der Waals surface area contributed by atoms with E-state index in [9.17, 15) is 0 Å². The zero-order valence-electron chi connectivity index (χ0n) is 11.5. The Labute approximate surface area is 102 Å². The van der Waals surface area contributed by atoms with Gasteiger partial charge < -0.3 is 10.2 Å². The fourth-order valence-corrected chi connectivity index (χ4v) is 2.43. The average Bonchev–Trinajstić information content (AvgIpc) is 2.43. The van der Waals surface area contributed by atoms with Crippen molar-refractivity contribution < 1.29 is 0 Å². The number of nitrogens with one attached hydrogen (secondary N) is 1. The van der Waals surface area contributed by atoms with Gasteiger partial charge in [0.1, 0.15) is 0 Å². The van der Waals surface area contributed by atoms with Crippen LogP contribution in [0.2, 0.25) is 0 Å². The van der Waals surface area contributed by atoms with Crippen molar-refractivity contribution in [2.45, 2.75) is 58.4 Å². The molecule has 96 valence electrons. The topological polar surface area (TPSA) is 15.3 Å². The molecule has 1 atom stereocenters. The minimum absolute atomic E-state index is 0.781. The summed E-state index contributed by atoms with van der Waals surface area (Å²) in [4.78, 5) is 2.46. The Morgan fingerprint density at radius 2 is 2.00 bits per heavy atom. The molecule has 0 aliphatic carbocycles. The molecule has 1 aliphatic heterocycles. The molecular formula is C14H30N2. The lowest BCUT2D eigenvalue weighted by Crippen LogP contribution is -2.31. The maximum Gasteiger partial charge on any atom is 0.00797 e. The van der Waals surface area contributed by atoms with Crippen LogP contribution in [0.5, 0.6) is 0 Å². The molecule has 0 bridgehead atoms. The third-order valence-electron chi connectivity index (χ3n) is 3.59. The number of nitrogens with zero attached hydrogens (tertiary/aromatic N) is 1. The predicted molar refractivity (Wildman–Crippen MR) is 71.8 cm³/mol. The number of hydrogen-bond acceptors (Lipinski definition) is 2. The van der Waals surface area contributed by atoms with Crippen LogP contribution in [0.15, 0.2) is 0 Å². The molecule has 1 fully saturated rings. The van der Waals surface area contributed by atoms with Crippen molar-refractivity contribution in [3.05, 3.63) is 0 Å². The fourth-order valence-electron chi connectivity index (χ4n) is 2.43. The first-order valence-corrected chi connectivity index (χ1v) is 7.10. The molecular weight excluding hydrogens is 196 g/mol. The van der Waals surface area contributed by atoms with E-state index in [1.807, 2.05) is 0 Å². The number of rotatable bonds is 6. The average molecular weight is 226 g/mol. The van der Waals surface area contributed by atoms with Gasteiger partial charge in [0.25, 0.3) is 0 Å². The number of likely N-dealkylation sites (tertiary alicyclic amines) is 1. The summed E-state index contributed by atoms with van der Waals surface area (Å²) in [6, 6.07) is 0.781. The molecule has 0 aromatic carbocycles. The molecule has 0 spiro atoms. The second-order valence-corrected chi connectivity index (χ2v) is 5.77. The third-order valence-corrected chi connectivity index (χ3v) is 3.59. The Morgan fingerprint density at radius 1 is 1.19 bits per heavy atom. The van der Waals surface area contributed by atoms with Crippen LogP contribution < -0.4 is 5.32 Å². The van der Waals surface area contributed by atoms with E-state index in [2.05, 4.69) is 31.1 Å². The van der Waals surface area contributed by atoms with E-state index in [-0.39, 0.29) is 0 Å². The molecule has 0 aromatic heterocycles. The van der Waals surface area contributed by atoms with Gasteiger partial charge in [-0.2, -0.15) is 0 Å². The Hall–Kier alpha value is -0.0800. The third kappa shape index (κ3) is 6.49. The van der Waals surface area contributed by atoms with Gasteiger partial charge in [0.05, 0.1) is 0 Å². The molecule has 2 heteroatoms. The lowest BCUT2D eigenvalue weighted by molar-refractivity contribution is 0.343. The van der Waals surface area contributed by atoms with Gasteiger partial charge in [-0.25, -0.2) is 0 Å². The van der Waals surface area contributed by atoms with Crippen LogP contribution in [-0.2, 0) is 0 Å². The van der Waals surface area contributed by atoms with Gasteiger partial charge in [0.2, 0.25) is 0 Å². The van der Waals surface area contributed by atoms with E-state index < -0.39 is 0 Å². The van der Waals surface area contributed by atoms with Gasteiger partial charge in [-0.3, -0.25) is 0 Å². The van der Waals surface area contributed by atoms with Gasteiger partial charge >= 0.3 is 0 Å². The molecule has 16 heavy (non-hydrogen) atoms. The summed E-state index contributed by atoms with van der Waals surface area (Å²) in [6.07, 6.45) is 8.19. The molecule has 1 heterocycles. The van der Waals surface area contributed by atoms with Crippen LogP contribution in [0.1, 0.15) is 52.4 Å². The largest absolute Gasteiger partial charge is 0.314 e. The molecule has 0 saturated carbocycles. The Bertz CT molecular complexity index is 168. The smallest absolute Gasteiger partial charge is 0.00797 e. The Kier molecular flexibility index (Phi) is 7.06. The standard InChI is InChI=1S/C14H30N2/c1-13(2)7-4-5-10-15-14-8-6-11-16(3)12-9-14/h13-15H,4-12H2,1-3H3. The molecule has 2 nitrogen and oxygen atoms in total. The van der Waals surface area contributed by atoms with Crippen LogP contribution in [0.25, 0.3) is 0 Å². The van der Waals surface area contributed by atoms with E-state index >= 15 is 0 Å². The van der Waals surface area contributed by atoms with Gasteiger partial charge in [-0.15, -0.1) is 0 Å².